The first-order valence-electron chi connectivity index (χ1n) is 27.5. The number of carbonyl (C=O) groups excluding carboxylic acids is 7. The van der Waals surface area contributed by atoms with Gasteiger partial charge in [-0.2, -0.15) is 0 Å². The molecule has 1 heterocycles. The summed E-state index contributed by atoms with van der Waals surface area (Å²) in [6, 6.07) is 18.2. The van der Waals surface area contributed by atoms with Crippen molar-refractivity contribution in [1.82, 2.24) is 47.0 Å². The lowest BCUT2D eigenvalue weighted by atomic mass is 9.85. The standard InChI is InChI=1S/C59H85N9O8S/c1-36(60-8)52(71)65-50(59(6,7)77-35-49(70)67(10)30-17-31-69)56(75)64-47(54(73)62-45-24-15-20-40-18-11-13-22-43(40)45)32-38-26-28-39(29-27-38)42-33-48(55(74)63-46-25-16-21-41-19-12-14-23-44(41)46)68(34-42)57(76)51(58(3,4)5)66-53(72)37(2)61-9/h11-14,18-19,22-23,26-29,36-37,42,45-48,50-51,60-61,69H,15-17,20-21,24-25,30-35H2,1-10H3,(H,62,73)(H,63,74)(H,64,75)(H,65,71)(H,66,72)/t36-,37-,42-,45+,46+,47-,48-,50?,51+/m0/s1. The minimum absolute atomic E-state index is 0.00454. The molecule has 77 heavy (non-hydrogen) atoms. The van der Waals surface area contributed by atoms with Gasteiger partial charge in [-0.05, 0) is 132 Å². The van der Waals surface area contributed by atoms with Crippen LogP contribution in [0.25, 0.3) is 0 Å². The van der Waals surface area contributed by atoms with E-state index in [9.17, 15) is 38.7 Å². The van der Waals surface area contributed by atoms with E-state index in [1.54, 1.807) is 53.7 Å². The van der Waals surface area contributed by atoms with Crippen LogP contribution in [0, 0.1) is 5.41 Å². The topological polar surface area (TPSA) is 230 Å². The fourth-order valence-electron chi connectivity index (χ4n) is 10.6. The number of nitrogens with zero attached hydrogens (tertiary/aromatic N) is 2. The Kier molecular flexibility index (Phi) is 21.3. The average molecular weight is 1080 g/mol. The minimum Gasteiger partial charge on any atom is -0.396 e. The van der Waals surface area contributed by atoms with Crippen LogP contribution in [0.3, 0.4) is 0 Å². The lowest BCUT2D eigenvalue weighted by Crippen LogP contribution is -2.62. The van der Waals surface area contributed by atoms with Crippen molar-refractivity contribution >= 4 is 53.1 Å². The van der Waals surface area contributed by atoms with Gasteiger partial charge in [0.2, 0.25) is 41.4 Å². The van der Waals surface area contributed by atoms with Crippen molar-refractivity contribution < 1.29 is 38.7 Å². The van der Waals surface area contributed by atoms with E-state index in [1.807, 2.05) is 75.4 Å². The molecule has 3 aromatic rings. The molecule has 0 spiro atoms. The van der Waals surface area contributed by atoms with Gasteiger partial charge in [-0.1, -0.05) is 93.6 Å². The van der Waals surface area contributed by atoms with E-state index in [1.165, 1.54) is 22.2 Å². The summed E-state index contributed by atoms with van der Waals surface area (Å²) in [7, 11) is 4.98. The summed E-state index contributed by atoms with van der Waals surface area (Å²) in [6.45, 7) is 13.2. The Hall–Kier alpha value is -5.82. The highest BCUT2D eigenvalue weighted by atomic mass is 32.2. The number of benzene rings is 3. The van der Waals surface area contributed by atoms with Crippen LogP contribution >= 0.6 is 11.8 Å². The molecule has 6 rings (SSSR count). The van der Waals surface area contributed by atoms with Crippen LogP contribution in [0.2, 0.25) is 0 Å². The van der Waals surface area contributed by atoms with Crippen LogP contribution in [-0.4, -0.2) is 144 Å². The number of hydrogen-bond donors (Lipinski definition) is 8. The quantitative estimate of drug-likeness (QED) is 0.0665. The van der Waals surface area contributed by atoms with Gasteiger partial charge in [0.05, 0.1) is 29.9 Å². The molecular weight excluding hydrogens is 995 g/mol. The van der Waals surface area contributed by atoms with E-state index in [-0.39, 0.29) is 67.0 Å². The highest BCUT2D eigenvalue weighted by molar-refractivity contribution is 8.01. The van der Waals surface area contributed by atoms with Crippen LogP contribution in [0.1, 0.15) is 138 Å². The monoisotopic (exact) mass is 1080 g/mol. The Morgan fingerprint density at radius 2 is 1.26 bits per heavy atom. The van der Waals surface area contributed by atoms with Crippen molar-refractivity contribution in [2.24, 2.45) is 5.41 Å². The second kappa shape index (κ2) is 27.2. The minimum atomic E-state index is -1.18. The third-order valence-corrected chi connectivity index (χ3v) is 17.1. The third kappa shape index (κ3) is 15.7. The summed E-state index contributed by atoms with van der Waals surface area (Å²) >= 11 is 1.22. The lowest BCUT2D eigenvalue weighted by Gasteiger charge is -2.36. The molecule has 3 aromatic carbocycles. The summed E-state index contributed by atoms with van der Waals surface area (Å²) in [5, 5.41) is 30.7. The number of thioether (sulfide) groups is 1. The zero-order valence-corrected chi connectivity index (χ0v) is 47.7. The van der Waals surface area contributed by atoms with Crippen LogP contribution in [0.15, 0.2) is 72.8 Å². The molecule has 18 heteroatoms. The second-order valence-corrected chi connectivity index (χ2v) is 24.4. The van der Waals surface area contributed by atoms with Crippen LogP contribution in [0.4, 0.5) is 0 Å². The summed E-state index contributed by atoms with van der Waals surface area (Å²) in [6.07, 6.45) is 5.96. The van der Waals surface area contributed by atoms with Gasteiger partial charge in [0, 0.05) is 43.8 Å². The number of rotatable bonds is 23. The fourth-order valence-corrected chi connectivity index (χ4v) is 11.6. The summed E-state index contributed by atoms with van der Waals surface area (Å²) in [5.41, 5.74) is 5.39. The van der Waals surface area contributed by atoms with Crippen molar-refractivity contribution in [3.63, 3.8) is 0 Å². The van der Waals surface area contributed by atoms with Crippen molar-refractivity contribution in [1.29, 1.82) is 0 Å². The van der Waals surface area contributed by atoms with Gasteiger partial charge in [-0.15, -0.1) is 11.8 Å². The Bertz CT molecular complexity index is 2550. The molecule has 1 aliphatic heterocycles. The first kappa shape index (κ1) is 60.4. The number of likely N-dealkylation sites (tertiary alicyclic amines) is 1. The zero-order valence-electron chi connectivity index (χ0n) is 46.9. The molecule has 1 fully saturated rings. The van der Waals surface area contributed by atoms with Gasteiger partial charge in [-0.3, -0.25) is 33.6 Å². The van der Waals surface area contributed by atoms with Gasteiger partial charge in [0.15, 0.2) is 0 Å². The number of likely N-dealkylation sites (N-methyl/N-ethyl adjacent to an activating group) is 2. The molecule has 0 saturated carbocycles. The molecule has 0 radical (unpaired) electrons. The third-order valence-electron chi connectivity index (χ3n) is 15.7. The smallest absolute Gasteiger partial charge is 0.246 e. The van der Waals surface area contributed by atoms with E-state index in [2.05, 4.69) is 55.4 Å². The highest BCUT2D eigenvalue weighted by Gasteiger charge is 2.46. The maximum atomic E-state index is 14.9. The zero-order chi connectivity index (χ0) is 56.2. The number of fused-ring (bicyclic) bond motifs is 2. The normalized spacial score (nSPS) is 20.2. The van der Waals surface area contributed by atoms with Crippen LogP contribution in [-0.2, 0) is 52.8 Å². The van der Waals surface area contributed by atoms with Crippen molar-refractivity contribution in [2.75, 3.05) is 46.6 Å². The Morgan fingerprint density at radius 3 is 1.81 bits per heavy atom. The molecule has 0 aromatic heterocycles. The number of amides is 7. The molecule has 9 atom stereocenters. The average Bonchev–Trinajstić information content (AvgIpc) is 3.89. The number of aliphatic hydroxyl groups excluding tert-OH is 1. The highest BCUT2D eigenvalue weighted by Crippen LogP contribution is 2.37. The predicted molar refractivity (Wildman–Crippen MR) is 302 cm³/mol. The number of hydrogen-bond acceptors (Lipinski definition) is 11. The van der Waals surface area contributed by atoms with E-state index in [4.69, 9.17) is 0 Å². The van der Waals surface area contributed by atoms with E-state index < -0.39 is 64.1 Å². The van der Waals surface area contributed by atoms with Crippen molar-refractivity contribution in [2.45, 2.75) is 165 Å². The van der Waals surface area contributed by atoms with Gasteiger partial charge in [-0.25, -0.2) is 0 Å². The Balaban J connectivity index is 1.29. The number of nitrogens with one attached hydrogen (secondary N) is 7. The summed E-state index contributed by atoms with van der Waals surface area (Å²) in [5.74, 6) is -2.78. The number of carbonyl (C=O) groups is 7. The molecule has 1 unspecified atom stereocenters. The summed E-state index contributed by atoms with van der Waals surface area (Å²) < 4.78 is -1.04. The molecule has 2 aliphatic carbocycles. The van der Waals surface area contributed by atoms with Crippen LogP contribution in [0.5, 0.6) is 0 Å². The largest absolute Gasteiger partial charge is 0.396 e. The van der Waals surface area contributed by atoms with Crippen molar-refractivity contribution in [3.05, 3.63) is 106 Å². The number of aliphatic hydroxyl groups is 1. The van der Waals surface area contributed by atoms with Gasteiger partial charge in [0.25, 0.3) is 0 Å². The SMILES string of the molecule is CN[C@@H](C)C(=O)NC(C(=O)N[C@@H](Cc1ccc([C@H]2C[C@@H](C(=O)N[C@@H]3CCCc4ccccc43)N(C(=O)[C@@H](NC(=O)[C@H](C)NC)C(C)(C)C)C2)cc1)C(=O)N[C@@H]1CCCc2ccccc21)C(C)(C)SCC(=O)N(C)CCCO. The molecule has 1 saturated heterocycles. The van der Waals surface area contributed by atoms with Gasteiger partial charge >= 0.3 is 0 Å². The van der Waals surface area contributed by atoms with Gasteiger partial charge in [0.1, 0.15) is 24.2 Å². The molecule has 17 nitrogen and oxygen atoms in total. The molecule has 3 aliphatic rings. The first-order chi connectivity index (χ1) is 36.6. The van der Waals surface area contributed by atoms with E-state index >= 15 is 0 Å². The maximum absolute atomic E-state index is 14.9. The Labute approximate surface area is 460 Å². The van der Waals surface area contributed by atoms with Gasteiger partial charge < -0.3 is 52.1 Å². The molecular formula is C59H85N9O8S. The Morgan fingerprint density at radius 1 is 0.714 bits per heavy atom. The molecule has 0 bridgehead atoms. The number of aryl methyl sites for hydroxylation is 2. The summed E-state index contributed by atoms with van der Waals surface area (Å²) in [4.78, 5) is 102. The van der Waals surface area contributed by atoms with E-state index in [0.29, 0.717) is 19.4 Å². The second-order valence-electron chi connectivity index (χ2n) is 22.8. The lowest BCUT2D eigenvalue weighted by molar-refractivity contribution is -0.144. The van der Waals surface area contributed by atoms with Crippen LogP contribution < -0.4 is 37.2 Å². The fraction of sp³-hybridized carbons (Fsp3) is 0.576. The van der Waals surface area contributed by atoms with Crippen molar-refractivity contribution in [3.8, 4) is 0 Å². The molecule has 7 amide bonds. The molecule has 8 N–H and O–H groups in total. The van der Waals surface area contributed by atoms with E-state index in [0.717, 1.165) is 66.3 Å². The maximum Gasteiger partial charge on any atom is 0.246 e. The predicted octanol–water partition coefficient (Wildman–Crippen LogP) is 4.37. The molecule has 420 valence electrons. The first-order valence-corrected chi connectivity index (χ1v) is 28.4.